The van der Waals surface area contributed by atoms with Crippen LogP contribution < -0.4 is 29.6 Å². The molecule has 0 aliphatic rings. The zero-order valence-electron chi connectivity index (χ0n) is 24.2. The third kappa shape index (κ3) is 9.93. The molecule has 0 unspecified atom stereocenters. The number of carbonyl (C=O) groups is 1. The van der Waals surface area contributed by atoms with Gasteiger partial charge in [0.25, 0.3) is 0 Å². The number of hydrogen-bond acceptors (Lipinski definition) is 5. The van der Waals surface area contributed by atoms with Crippen molar-refractivity contribution in [1.29, 1.82) is 0 Å². The number of hydrogen-bond donors (Lipinski definition) is 0. The summed E-state index contributed by atoms with van der Waals surface area (Å²) in [6.07, 6.45) is 2.25. The monoisotopic (exact) mass is 633 g/mol. The average molecular weight is 634 g/mol. The first-order chi connectivity index (χ1) is 20.5. The van der Waals surface area contributed by atoms with Crippen molar-refractivity contribution in [3.8, 4) is 11.1 Å². The van der Waals surface area contributed by atoms with Crippen molar-refractivity contribution >= 4 is 39.0 Å². The van der Waals surface area contributed by atoms with Gasteiger partial charge in [0.1, 0.15) is 14.2 Å². The zero-order chi connectivity index (χ0) is 29.2. The Morgan fingerprint density at radius 1 is 0.721 bits per heavy atom. The molecule has 0 saturated carbocycles. The summed E-state index contributed by atoms with van der Waals surface area (Å²) in [5, 5.41) is 1.66. The van der Waals surface area contributed by atoms with Gasteiger partial charge in [-0.1, -0.05) is 109 Å². The van der Waals surface area contributed by atoms with Crippen LogP contribution in [0.4, 0.5) is 0 Å². The molecule has 5 rings (SSSR count). The van der Waals surface area contributed by atoms with Crippen LogP contribution in [0.1, 0.15) is 34.2 Å². The second kappa shape index (κ2) is 16.4. The number of benzene rings is 4. The Labute approximate surface area is 285 Å². The van der Waals surface area contributed by atoms with Crippen LogP contribution in [-0.4, -0.2) is 20.1 Å². The topological polar surface area (TPSA) is 65.3 Å². The molecule has 0 spiro atoms. The quantitative estimate of drug-likeness (QED) is 0.123. The van der Waals surface area contributed by atoms with E-state index in [2.05, 4.69) is 83.6 Å². The molecule has 5 aromatic rings. The van der Waals surface area contributed by atoms with Crippen LogP contribution in [0, 0.1) is 0 Å². The molecule has 0 bridgehead atoms. The summed E-state index contributed by atoms with van der Waals surface area (Å²) in [6.45, 7) is 0. The van der Waals surface area contributed by atoms with E-state index in [4.69, 9.17) is 0 Å². The molecule has 4 aromatic carbocycles. The van der Waals surface area contributed by atoms with E-state index in [-0.39, 0.29) is 40.2 Å². The molecule has 0 atom stereocenters. The molecule has 0 saturated heterocycles. The Balaban J connectivity index is 0.00000423. The number of aryl methyl sites for hydroxylation is 2. The van der Waals surface area contributed by atoms with Gasteiger partial charge in [-0.05, 0) is 81.8 Å². The number of rotatable bonds is 13. The number of thioether (sulfide) groups is 1. The van der Waals surface area contributed by atoms with E-state index < -0.39 is 15.9 Å². The fourth-order valence-corrected chi connectivity index (χ4v) is 7.62. The van der Waals surface area contributed by atoms with Crippen LogP contribution >= 0.6 is 23.1 Å². The van der Waals surface area contributed by atoms with Crippen molar-refractivity contribution in [2.75, 3.05) is 5.75 Å². The molecule has 214 valence electrons. The van der Waals surface area contributed by atoms with Crippen molar-refractivity contribution in [1.82, 2.24) is 0 Å². The maximum Gasteiger partial charge on any atom is 1.00 e. The molecule has 0 aliphatic heterocycles. The zero-order valence-corrected chi connectivity index (χ0v) is 28.6. The van der Waals surface area contributed by atoms with E-state index in [0.29, 0.717) is 6.42 Å². The van der Waals surface area contributed by atoms with E-state index in [1.165, 1.54) is 22.8 Å². The van der Waals surface area contributed by atoms with Crippen molar-refractivity contribution < 1.29 is 42.8 Å². The molecular weight excluding hydrogens is 602 g/mol. The Morgan fingerprint density at radius 2 is 1.40 bits per heavy atom. The van der Waals surface area contributed by atoms with Gasteiger partial charge in [-0.2, -0.15) is 11.8 Å². The predicted octanol–water partition coefficient (Wildman–Crippen LogP) is 5.71. The minimum atomic E-state index is -3.97. The largest absolute Gasteiger partial charge is 1.00 e. The molecule has 4 nitrogen and oxygen atoms in total. The van der Waals surface area contributed by atoms with Crippen LogP contribution in [-0.2, 0) is 39.8 Å². The molecule has 0 aliphatic carbocycles. The molecule has 1 aromatic heterocycles. The molecule has 43 heavy (non-hydrogen) atoms. The van der Waals surface area contributed by atoms with Crippen molar-refractivity contribution in [2.45, 2.75) is 35.6 Å². The van der Waals surface area contributed by atoms with Gasteiger partial charge in [0, 0.05) is 5.75 Å². The Kier molecular flexibility index (Phi) is 12.7. The number of amides is 1. The van der Waals surface area contributed by atoms with E-state index >= 15 is 0 Å². The fourth-order valence-electron chi connectivity index (χ4n) is 4.76. The van der Waals surface area contributed by atoms with Gasteiger partial charge in [0.2, 0.25) is 0 Å². The second-order valence-electron chi connectivity index (χ2n) is 10.0. The maximum absolute atomic E-state index is 12.7. The summed E-state index contributed by atoms with van der Waals surface area (Å²) >= 11 is 2.99. The van der Waals surface area contributed by atoms with Crippen LogP contribution in [0.5, 0.6) is 0 Å². The van der Waals surface area contributed by atoms with Gasteiger partial charge >= 0.3 is 29.6 Å². The molecule has 8 heteroatoms. The molecule has 1 heterocycles. The minimum absolute atomic E-state index is 0. The maximum atomic E-state index is 12.7. The van der Waals surface area contributed by atoms with Gasteiger partial charge in [-0.25, -0.2) is 8.42 Å². The van der Waals surface area contributed by atoms with Crippen LogP contribution in [0.15, 0.2) is 125 Å². The minimum Gasteiger partial charge on any atom is -0.541 e. The first kappa shape index (κ1) is 33.2. The van der Waals surface area contributed by atoms with E-state index in [1.807, 2.05) is 36.0 Å². The SMILES string of the molecule is O=C(CCc1cc(Cc2ccccc2)ccc1-c1ccc(CSCCc2ccccc2)cc1)[N-]S(=O)(=O)c1cccs1.[Na+]. The molecule has 0 radical (unpaired) electrons. The summed E-state index contributed by atoms with van der Waals surface area (Å²) < 4.78 is 28.6. The van der Waals surface area contributed by atoms with Crippen LogP contribution in [0.2, 0.25) is 0 Å². The Hall–Kier alpha value is -2.65. The van der Waals surface area contributed by atoms with Crippen LogP contribution in [0.25, 0.3) is 15.8 Å². The number of carbonyl (C=O) groups excluding carboxylic acids is 1. The number of thiophene rings is 1. The summed E-state index contributed by atoms with van der Waals surface area (Å²) in [6, 6.07) is 38.9. The molecule has 1 amide bonds. The van der Waals surface area contributed by atoms with E-state index in [9.17, 15) is 13.2 Å². The third-order valence-electron chi connectivity index (χ3n) is 6.91. The van der Waals surface area contributed by atoms with Crippen molar-refractivity contribution in [2.24, 2.45) is 0 Å². The average Bonchev–Trinajstić information content (AvgIpc) is 3.56. The first-order valence-corrected chi connectivity index (χ1v) is 17.3. The molecule has 0 N–H and O–H groups in total. The predicted molar refractivity (Wildman–Crippen MR) is 176 cm³/mol. The van der Waals surface area contributed by atoms with Crippen molar-refractivity contribution in [3.63, 3.8) is 0 Å². The molecular formula is C35H32NNaO3S3. The Morgan fingerprint density at radius 3 is 2.07 bits per heavy atom. The van der Waals surface area contributed by atoms with Gasteiger partial charge in [-0.15, -0.1) is 11.3 Å². The standard InChI is InChI=1S/C35H33NO3S3.Na/c37-34(36-42(38,39)35-12-7-22-41-35)20-18-32-25-30(24-28-10-5-2-6-11-28)15-19-33(32)31-16-13-29(14-17-31)26-40-23-21-27-8-3-1-4-9-27;/h1-17,19,22,25H,18,20-21,23-24,26H2,(H,36,37);/q;+1/p-1. The van der Waals surface area contributed by atoms with E-state index in [1.54, 1.807) is 11.4 Å². The summed E-state index contributed by atoms with van der Waals surface area (Å²) in [5.74, 6) is 1.39. The second-order valence-corrected chi connectivity index (χ2v) is 13.9. The molecule has 0 fully saturated rings. The van der Waals surface area contributed by atoms with Gasteiger partial charge in [0.15, 0.2) is 0 Å². The van der Waals surface area contributed by atoms with E-state index in [0.717, 1.165) is 57.9 Å². The Bertz CT molecular complexity index is 1690. The van der Waals surface area contributed by atoms with Gasteiger partial charge < -0.3 is 9.52 Å². The normalized spacial score (nSPS) is 11.1. The first-order valence-electron chi connectivity index (χ1n) is 13.9. The summed E-state index contributed by atoms with van der Waals surface area (Å²) in [7, 11) is -3.97. The van der Waals surface area contributed by atoms with Crippen LogP contribution in [0.3, 0.4) is 0 Å². The number of sulfonamides is 1. The van der Waals surface area contributed by atoms with Gasteiger partial charge in [0.05, 0.1) is 5.91 Å². The van der Waals surface area contributed by atoms with Gasteiger partial charge in [-0.3, -0.25) is 0 Å². The summed E-state index contributed by atoms with van der Waals surface area (Å²) in [5.41, 5.74) is 8.10. The number of nitrogens with zero attached hydrogens (tertiary/aromatic N) is 1. The third-order valence-corrected chi connectivity index (χ3v) is 10.6. The fraction of sp³-hybridized carbons (Fsp3) is 0.171. The smallest absolute Gasteiger partial charge is 0.541 e. The summed E-state index contributed by atoms with van der Waals surface area (Å²) in [4.78, 5) is 12.7. The van der Waals surface area contributed by atoms with Crippen molar-refractivity contribution in [3.05, 3.63) is 153 Å².